The molecule has 1 atom stereocenters. The first-order valence-corrected chi connectivity index (χ1v) is 5.94. The average Bonchev–Trinajstić information content (AvgIpc) is 2.52. The van der Waals surface area contributed by atoms with E-state index in [1.54, 1.807) is 0 Å². The lowest BCUT2D eigenvalue weighted by Gasteiger charge is -2.26. The molecule has 1 rings (SSSR count). The molecule has 0 aliphatic carbocycles. The normalized spacial score (nSPS) is 23.0. The van der Waals surface area contributed by atoms with E-state index in [-0.39, 0.29) is 6.61 Å². The molecule has 0 aromatic heterocycles. The van der Waals surface area contributed by atoms with Gasteiger partial charge in [0.25, 0.3) is 0 Å². The van der Waals surface area contributed by atoms with Crippen molar-refractivity contribution < 1.29 is 9.84 Å². The van der Waals surface area contributed by atoms with Gasteiger partial charge in [-0.1, -0.05) is 0 Å². The van der Waals surface area contributed by atoms with Crippen molar-refractivity contribution >= 4 is 0 Å². The highest BCUT2D eigenvalue weighted by Gasteiger charge is 2.15. The van der Waals surface area contributed by atoms with Crippen LogP contribution in [0.5, 0.6) is 0 Å². The fourth-order valence-electron chi connectivity index (χ4n) is 2.00. The predicted molar refractivity (Wildman–Crippen MR) is 61.0 cm³/mol. The molecule has 15 heavy (non-hydrogen) atoms. The van der Waals surface area contributed by atoms with Gasteiger partial charge in [0.2, 0.25) is 0 Å². The van der Waals surface area contributed by atoms with Gasteiger partial charge in [0, 0.05) is 12.6 Å². The number of hydrogen-bond donors (Lipinski definition) is 2. The number of aliphatic hydroxyl groups is 1. The van der Waals surface area contributed by atoms with Crippen LogP contribution in [0.4, 0.5) is 0 Å². The minimum Gasteiger partial charge on any atom is -0.394 e. The van der Waals surface area contributed by atoms with E-state index in [1.165, 1.54) is 19.3 Å². The van der Waals surface area contributed by atoms with Gasteiger partial charge in [0.1, 0.15) is 0 Å². The number of rotatable bonds is 6. The quantitative estimate of drug-likeness (QED) is 0.617. The Bertz CT molecular complexity index is 148. The molecule has 1 saturated heterocycles. The Kier molecular flexibility index (Phi) is 6.92. The topological polar surface area (TPSA) is 44.7 Å². The van der Waals surface area contributed by atoms with Gasteiger partial charge in [-0.05, 0) is 39.4 Å². The fourth-order valence-corrected chi connectivity index (χ4v) is 2.00. The maximum Gasteiger partial charge on any atom is 0.0698 e. The van der Waals surface area contributed by atoms with Crippen LogP contribution >= 0.6 is 0 Å². The molecular weight excluding hydrogens is 192 g/mol. The van der Waals surface area contributed by atoms with Gasteiger partial charge in [-0.25, -0.2) is 0 Å². The first kappa shape index (κ1) is 12.9. The molecule has 0 amide bonds. The van der Waals surface area contributed by atoms with Gasteiger partial charge in [0.15, 0.2) is 0 Å². The van der Waals surface area contributed by atoms with E-state index in [4.69, 9.17) is 9.84 Å². The van der Waals surface area contributed by atoms with Crippen molar-refractivity contribution in [1.82, 2.24) is 10.2 Å². The maximum atomic E-state index is 8.57. The van der Waals surface area contributed by atoms with Crippen LogP contribution in [-0.4, -0.2) is 62.6 Å². The number of ether oxygens (including phenoxy) is 1. The minimum atomic E-state index is 0.122. The summed E-state index contributed by atoms with van der Waals surface area (Å²) in [6, 6.07) is 0.692. The zero-order valence-electron chi connectivity index (χ0n) is 9.74. The van der Waals surface area contributed by atoms with Gasteiger partial charge in [-0.3, -0.25) is 0 Å². The number of aliphatic hydroxyl groups excluding tert-OH is 1. The molecule has 4 nitrogen and oxygen atoms in total. The molecule has 1 aliphatic heterocycles. The molecule has 1 heterocycles. The fraction of sp³-hybridized carbons (Fsp3) is 1.00. The number of hydrogen-bond acceptors (Lipinski definition) is 4. The molecule has 1 aliphatic rings. The van der Waals surface area contributed by atoms with Crippen molar-refractivity contribution in [3.05, 3.63) is 0 Å². The van der Waals surface area contributed by atoms with Gasteiger partial charge >= 0.3 is 0 Å². The van der Waals surface area contributed by atoms with E-state index < -0.39 is 0 Å². The zero-order chi connectivity index (χ0) is 10.9. The molecule has 90 valence electrons. The average molecular weight is 216 g/mol. The van der Waals surface area contributed by atoms with E-state index in [9.17, 15) is 0 Å². The van der Waals surface area contributed by atoms with Crippen molar-refractivity contribution in [3.63, 3.8) is 0 Å². The highest BCUT2D eigenvalue weighted by Crippen LogP contribution is 2.11. The van der Waals surface area contributed by atoms with Crippen LogP contribution < -0.4 is 5.32 Å². The van der Waals surface area contributed by atoms with Gasteiger partial charge in [-0.2, -0.15) is 0 Å². The molecule has 0 saturated carbocycles. The highest BCUT2D eigenvalue weighted by atomic mass is 16.5. The van der Waals surface area contributed by atoms with E-state index in [0.717, 1.165) is 26.2 Å². The van der Waals surface area contributed by atoms with Crippen molar-refractivity contribution in [3.8, 4) is 0 Å². The Hall–Kier alpha value is -0.160. The molecule has 0 aromatic rings. The monoisotopic (exact) mass is 216 g/mol. The van der Waals surface area contributed by atoms with Crippen molar-refractivity contribution in [2.75, 3.05) is 46.5 Å². The Balaban J connectivity index is 2.11. The zero-order valence-corrected chi connectivity index (χ0v) is 9.74. The molecule has 0 radical (unpaired) electrons. The van der Waals surface area contributed by atoms with Crippen LogP contribution in [0.15, 0.2) is 0 Å². The minimum absolute atomic E-state index is 0.122. The van der Waals surface area contributed by atoms with Gasteiger partial charge in [-0.15, -0.1) is 0 Å². The first-order valence-electron chi connectivity index (χ1n) is 5.94. The number of nitrogens with zero attached hydrogens (tertiary/aromatic N) is 1. The summed E-state index contributed by atoms with van der Waals surface area (Å²) in [4.78, 5) is 2.38. The van der Waals surface area contributed by atoms with Crippen LogP contribution in [0.1, 0.15) is 19.3 Å². The second kappa shape index (κ2) is 8.05. The summed E-state index contributed by atoms with van der Waals surface area (Å²) in [6.45, 7) is 4.56. The van der Waals surface area contributed by atoms with Crippen LogP contribution in [0.3, 0.4) is 0 Å². The molecule has 4 heteroatoms. The van der Waals surface area contributed by atoms with E-state index in [0.29, 0.717) is 12.6 Å². The summed E-state index contributed by atoms with van der Waals surface area (Å²) in [5, 5.41) is 12.0. The van der Waals surface area contributed by atoms with Crippen molar-refractivity contribution in [2.24, 2.45) is 0 Å². The molecular formula is C11H24N2O2. The van der Waals surface area contributed by atoms with Crippen LogP contribution in [0.2, 0.25) is 0 Å². The third kappa shape index (κ3) is 5.47. The van der Waals surface area contributed by atoms with Crippen molar-refractivity contribution in [2.45, 2.75) is 25.3 Å². The lowest BCUT2D eigenvalue weighted by atomic mass is 10.1. The molecule has 0 bridgehead atoms. The SMILES string of the molecule is CN(CCOCCO)C1CCCNCC1. The second-order valence-corrected chi connectivity index (χ2v) is 4.15. The molecule has 2 N–H and O–H groups in total. The second-order valence-electron chi connectivity index (χ2n) is 4.15. The molecule has 0 spiro atoms. The van der Waals surface area contributed by atoms with Crippen LogP contribution in [0.25, 0.3) is 0 Å². The summed E-state index contributed by atoms with van der Waals surface area (Å²) in [6.07, 6.45) is 3.78. The maximum absolute atomic E-state index is 8.57. The molecule has 0 aromatic carbocycles. The third-order valence-electron chi connectivity index (χ3n) is 2.99. The lowest BCUT2D eigenvalue weighted by Crippen LogP contribution is -2.35. The summed E-state index contributed by atoms with van der Waals surface area (Å²) >= 11 is 0. The van der Waals surface area contributed by atoms with E-state index >= 15 is 0 Å². The van der Waals surface area contributed by atoms with Crippen molar-refractivity contribution in [1.29, 1.82) is 0 Å². The summed E-state index contributed by atoms with van der Waals surface area (Å²) in [7, 11) is 2.16. The Morgan fingerprint density at radius 1 is 1.33 bits per heavy atom. The first-order chi connectivity index (χ1) is 7.34. The van der Waals surface area contributed by atoms with E-state index in [2.05, 4.69) is 17.3 Å². The number of likely N-dealkylation sites (N-methyl/N-ethyl adjacent to an activating group) is 1. The van der Waals surface area contributed by atoms with Gasteiger partial charge in [0.05, 0.1) is 19.8 Å². The molecule has 1 fully saturated rings. The number of nitrogens with one attached hydrogen (secondary N) is 1. The van der Waals surface area contributed by atoms with Crippen LogP contribution in [0, 0.1) is 0 Å². The lowest BCUT2D eigenvalue weighted by molar-refractivity contribution is 0.0689. The third-order valence-corrected chi connectivity index (χ3v) is 2.99. The summed E-state index contributed by atoms with van der Waals surface area (Å²) < 4.78 is 5.27. The van der Waals surface area contributed by atoms with Crippen LogP contribution in [-0.2, 0) is 4.74 Å². The smallest absolute Gasteiger partial charge is 0.0698 e. The largest absolute Gasteiger partial charge is 0.394 e. The summed E-state index contributed by atoms with van der Waals surface area (Å²) in [5.74, 6) is 0. The predicted octanol–water partition coefficient (Wildman–Crippen LogP) is 0.0692. The Labute approximate surface area is 92.6 Å². The summed E-state index contributed by atoms with van der Waals surface area (Å²) in [5.41, 5.74) is 0. The Morgan fingerprint density at radius 3 is 3.00 bits per heavy atom. The molecule has 1 unspecified atom stereocenters. The Morgan fingerprint density at radius 2 is 2.20 bits per heavy atom. The van der Waals surface area contributed by atoms with E-state index in [1.807, 2.05) is 0 Å². The highest BCUT2D eigenvalue weighted by molar-refractivity contribution is 4.73. The standard InChI is InChI=1S/C11H24N2O2/c1-13(7-9-15-10-8-14)11-3-2-5-12-6-4-11/h11-12,14H,2-10H2,1H3. The van der Waals surface area contributed by atoms with Gasteiger partial charge < -0.3 is 20.1 Å².